The quantitative estimate of drug-likeness (QED) is 0.768. The average Bonchev–Trinajstić information content (AvgIpc) is 2.40. The first kappa shape index (κ1) is 17.5. The molecule has 0 bridgehead atoms. The fourth-order valence-corrected chi connectivity index (χ4v) is 2.17. The summed E-state index contributed by atoms with van der Waals surface area (Å²) in [5, 5.41) is 0. The Labute approximate surface area is 129 Å². The van der Waals surface area contributed by atoms with Crippen LogP contribution in [0, 0.1) is 18.8 Å². The molecular weight excluding hydrogens is 260 g/mol. The monoisotopic (exact) mass is 290 g/mol. The Bertz CT molecular complexity index is 454. The second kappa shape index (κ2) is 8.06. The molecule has 21 heavy (non-hydrogen) atoms. The van der Waals surface area contributed by atoms with E-state index in [0.717, 1.165) is 31.5 Å². The Morgan fingerprint density at radius 1 is 1.10 bits per heavy atom. The van der Waals surface area contributed by atoms with Crippen molar-refractivity contribution in [1.82, 2.24) is 4.90 Å². The van der Waals surface area contributed by atoms with E-state index in [-0.39, 0.29) is 5.91 Å². The predicted octanol–water partition coefficient (Wildman–Crippen LogP) is 4.11. The first-order valence-corrected chi connectivity index (χ1v) is 7.96. The summed E-state index contributed by atoms with van der Waals surface area (Å²) < 4.78 is 0. The molecule has 1 rings (SSSR count). The second-order valence-corrected chi connectivity index (χ2v) is 6.75. The number of hydrogen-bond donors (Lipinski definition) is 1. The maximum atomic E-state index is 12.8. The molecule has 0 radical (unpaired) electrons. The van der Waals surface area contributed by atoms with E-state index in [1.807, 2.05) is 30.0 Å². The van der Waals surface area contributed by atoms with E-state index in [4.69, 9.17) is 5.73 Å². The number of anilines is 1. The number of nitrogens with two attached hydrogens (primary N) is 1. The highest BCUT2D eigenvalue weighted by atomic mass is 16.2. The number of hydrogen-bond acceptors (Lipinski definition) is 2. The molecule has 0 unspecified atom stereocenters. The van der Waals surface area contributed by atoms with Gasteiger partial charge in [0.25, 0.3) is 5.91 Å². The van der Waals surface area contributed by atoms with Gasteiger partial charge in [0.15, 0.2) is 0 Å². The van der Waals surface area contributed by atoms with Gasteiger partial charge in [0.2, 0.25) is 0 Å². The molecule has 1 aromatic rings. The van der Waals surface area contributed by atoms with Gasteiger partial charge in [0, 0.05) is 18.8 Å². The third-order valence-corrected chi connectivity index (χ3v) is 3.68. The summed E-state index contributed by atoms with van der Waals surface area (Å²) >= 11 is 0. The van der Waals surface area contributed by atoms with Gasteiger partial charge in [-0.15, -0.1) is 0 Å². The van der Waals surface area contributed by atoms with Crippen LogP contribution in [0.1, 0.15) is 56.5 Å². The van der Waals surface area contributed by atoms with Crippen molar-refractivity contribution in [3.63, 3.8) is 0 Å². The summed E-state index contributed by atoms with van der Waals surface area (Å²) in [6.07, 6.45) is 2.05. The van der Waals surface area contributed by atoms with Crippen LogP contribution in [-0.4, -0.2) is 23.9 Å². The minimum atomic E-state index is 0.0671. The van der Waals surface area contributed by atoms with Crippen LogP contribution in [-0.2, 0) is 0 Å². The van der Waals surface area contributed by atoms with Gasteiger partial charge in [-0.2, -0.15) is 0 Å². The summed E-state index contributed by atoms with van der Waals surface area (Å²) in [6, 6.07) is 5.67. The largest absolute Gasteiger partial charge is 0.398 e. The molecule has 118 valence electrons. The molecule has 3 heteroatoms. The summed E-state index contributed by atoms with van der Waals surface area (Å²) in [5.74, 6) is 1.25. The van der Waals surface area contributed by atoms with Crippen molar-refractivity contribution in [2.24, 2.45) is 11.8 Å². The van der Waals surface area contributed by atoms with Crippen LogP contribution >= 0.6 is 0 Å². The van der Waals surface area contributed by atoms with E-state index in [9.17, 15) is 4.79 Å². The van der Waals surface area contributed by atoms with Crippen molar-refractivity contribution in [3.05, 3.63) is 29.3 Å². The Morgan fingerprint density at radius 2 is 1.62 bits per heavy atom. The highest BCUT2D eigenvalue weighted by molar-refractivity contribution is 5.99. The van der Waals surface area contributed by atoms with Crippen LogP contribution in [0.5, 0.6) is 0 Å². The first-order valence-electron chi connectivity index (χ1n) is 7.96. The van der Waals surface area contributed by atoms with E-state index < -0.39 is 0 Å². The van der Waals surface area contributed by atoms with Crippen molar-refractivity contribution in [1.29, 1.82) is 0 Å². The molecule has 0 heterocycles. The molecule has 0 aromatic heterocycles. The van der Waals surface area contributed by atoms with Gasteiger partial charge < -0.3 is 10.6 Å². The lowest BCUT2D eigenvalue weighted by Crippen LogP contribution is -2.34. The van der Waals surface area contributed by atoms with Gasteiger partial charge in [0.1, 0.15) is 0 Å². The zero-order valence-electron chi connectivity index (χ0n) is 14.1. The zero-order valence-corrected chi connectivity index (χ0v) is 14.1. The fourth-order valence-electron chi connectivity index (χ4n) is 2.17. The lowest BCUT2D eigenvalue weighted by atomic mass is 10.1. The molecule has 0 atom stereocenters. The third kappa shape index (κ3) is 5.78. The number of carbonyl (C=O) groups is 1. The second-order valence-electron chi connectivity index (χ2n) is 6.75. The van der Waals surface area contributed by atoms with E-state index in [0.29, 0.717) is 23.1 Å². The number of benzene rings is 1. The molecule has 0 aliphatic rings. The van der Waals surface area contributed by atoms with Crippen molar-refractivity contribution < 1.29 is 4.79 Å². The van der Waals surface area contributed by atoms with E-state index in [2.05, 4.69) is 27.7 Å². The molecule has 0 spiro atoms. The van der Waals surface area contributed by atoms with Crippen molar-refractivity contribution in [3.8, 4) is 0 Å². The Kier molecular flexibility index (Phi) is 6.73. The molecule has 1 amide bonds. The molecule has 1 aromatic carbocycles. The molecule has 0 aliphatic heterocycles. The maximum absolute atomic E-state index is 12.8. The van der Waals surface area contributed by atoms with Crippen LogP contribution < -0.4 is 5.73 Å². The summed E-state index contributed by atoms with van der Waals surface area (Å²) in [5.41, 5.74) is 8.28. The smallest absolute Gasteiger partial charge is 0.255 e. The Balaban J connectivity index is 2.89. The van der Waals surface area contributed by atoms with Gasteiger partial charge >= 0.3 is 0 Å². The first-order chi connectivity index (χ1) is 9.81. The molecule has 0 fully saturated rings. The Hall–Kier alpha value is -1.51. The van der Waals surface area contributed by atoms with Crippen molar-refractivity contribution >= 4 is 11.6 Å². The topological polar surface area (TPSA) is 46.3 Å². The Morgan fingerprint density at radius 3 is 2.10 bits per heavy atom. The average molecular weight is 290 g/mol. The summed E-state index contributed by atoms with van der Waals surface area (Å²) in [4.78, 5) is 14.8. The number of rotatable bonds is 7. The van der Waals surface area contributed by atoms with Gasteiger partial charge in [-0.05, 0) is 43.7 Å². The minimum absolute atomic E-state index is 0.0671. The molecule has 0 saturated carbocycles. The van der Waals surface area contributed by atoms with Crippen LogP contribution in [0.2, 0.25) is 0 Å². The van der Waals surface area contributed by atoms with Crippen molar-refractivity contribution in [2.45, 2.75) is 47.5 Å². The SMILES string of the molecule is Cc1ccc(N)c(C(=O)N(CCC(C)C)CCC(C)C)c1. The van der Waals surface area contributed by atoms with E-state index in [1.54, 1.807) is 0 Å². The molecule has 3 nitrogen and oxygen atoms in total. The zero-order chi connectivity index (χ0) is 16.0. The highest BCUT2D eigenvalue weighted by Crippen LogP contribution is 2.18. The van der Waals surface area contributed by atoms with Gasteiger partial charge in [0.05, 0.1) is 5.56 Å². The molecule has 0 aliphatic carbocycles. The minimum Gasteiger partial charge on any atom is -0.398 e. The summed E-state index contributed by atoms with van der Waals surface area (Å²) in [6.45, 7) is 12.3. The van der Waals surface area contributed by atoms with Gasteiger partial charge in [-0.3, -0.25) is 4.79 Å². The molecule has 2 N–H and O–H groups in total. The number of carbonyl (C=O) groups excluding carboxylic acids is 1. The van der Waals surface area contributed by atoms with Gasteiger partial charge in [-0.1, -0.05) is 39.3 Å². The number of nitrogens with zero attached hydrogens (tertiary/aromatic N) is 1. The third-order valence-electron chi connectivity index (χ3n) is 3.68. The lowest BCUT2D eigenvalue weighted by Gasteiger charge is -2.25. The standard InChI is InChI=1S/C18H30N2O/c1-13(2)8-10-20(11-9-14(3)4)18(21)16-12-15(5)6-7-17(16)19/h6-7,12-14H,8-11,19H2,1-5H3. The van der Waals surface area contributed by atoms with E-state index in [1.165, 1.54) is 0 Å². The van der Waals surface area contributed by atoms with Crippen LogP contribution in [0.4, 0.5) is 5.69 Å². The normalized spacial score (nSPS) is 11.2. The molecule has 0 saturated heterocycles. The van der Waals surface area contributed by atoms with E-state index >= 15 is 0 Å². The predicted molar refractivity (Wildman–Crippen MR) is 90.4 cm³/mol. The number of aryl methyl sites for hydroxylation is 1. The maximum Gasteiger partial charge on any atom is 0.255 e. The van der Waals surface area contributed by atoms with Gasteiger partial charge in [-0.25, -0.2) is 0 Å². The van der Waals surface area contributed by atoms with Crippen LogP contribution in [0.25, 0.3) is 0 Å². The number of amides is 1. The summed E-state index contributed by atoms with van der Waals surface area (Å²) in [7, 11) is 0. The highest BCUT2D eigenvalue weighted by Gasteiger charge is 2.18. The van der Waals surface area contributed by atoms with Crippen LogP contribution in [0.3, 0.4) is 0 Å². The fraction of sp³-hybridized carbons (Fsp3) is 0.611. The molecular formula is C18H30N2O. The lowest BCUT2D eigenvalue weighted by molar-refractivity contribution is 0.0742. The van der Waals surface area contributed by atoms with Crippen molar-refractivity contribution in [2.75, 3.05) is 18.8 Å². The number of nitrogen functional groups attached to an aromatic ring is 1. The van der Waals surface area contributed by atoms with Crippen LogP contribution in [0.15, 0.2) is 18.2 Å².